The molecular formula is C10H8Cl2N2O2. The summed E-state index contributed by atoms with van der Waals surface area (Å²) in [7, 11) is 0. The number of rotatable bonds is 1. The third-order valence-corrected chi connectivity index (χ3v) is 2.91. The number of benzene rings is 1. The van der Waals surface area contributed by atoms with E-state index in [0.29, 0.717) is 5.71 Å². The summed E-state index contributed by atoms with van der Waals surface area (Å²) in [6.07, 6.45) is 0.129. The summed E-state index contributed by atoms with van der Waals surface area (Å²) in [6, 6.07) is 1.33. The maximum absolute atomic E-state index is 11.8. The molecule has 4 nitrogen and oxygen atoms in total. The highest BCUT2D eigenvalue weighted by molar-refractivity contribution is 6.39. The van der Waals surface area contributed by atoms with Crippen molar-refractivity contribution in [2.24, 2.45) is 10.7 Å². The summed E-state index contributed by atoms with van der Waals surface area (Å²) in [5, 5.41) is 9.97. The molecule has 0 saturated heterocycles. The van der Waals surface area contributed by atoms with Crippen molar-refractivity contribution in [2.75, 3.05) is 6.54 Å². The van der Waals surface area contributed by atoms with Crippen LogP contribution in [0.15, 0.2) is 11.1 Å². The van der Waals surface area contributed by atoms with Gasteiger partial charge in [0, 0.05) is 12.3 Å². The SMILES string of the molecule is NCC1=Nc2c(O)c(Cl)cc(Cl)c2C(=O)C1. The second-order valence-corrected chi connectivity index (χ2v) is 4.21. The maximum atomic E-state index is 11.8. The van der Waals surface area contributed by atoms with E-state index in [9.17, 15) is 9.90 Å². The molecule has 1 aliphatic rings. The Hall–Kier alpha value is -1.10. The van der Waals surface area contributed by atoms with Gasteiger partial charge in [0.2, 0.25) is 0 Å². The second-order valence-electron chi connectivity index (χ2n) is 3.39. The molecule has 0 amide bonds. The zero-order chi connectivity index (χ0) is 11.9. The van der Waals surface area contributed by atoms with Crippen LogP contribution >= 0.6 is 23.2 Å². The number of aromatic hydroxyl groups is 1. The Morgan fingerprint density at radius 2 is 2.12 bits per heavy atom. The van der Waals surface area contributed by atoms with E-state index in [2.05, 4.69) is 4.99 Å². The van der Waals surface area contributed by atoms with Crippen molar-refractivity contribution >= 4 is 40.4 Å². The summed E-state index contributed by atoms with van der Waals surface area (Å²) >= 11 is 11.6. The van der Waals surface area contributed by atoms with Crippen LogP contribution in [0.4, 0.5) is 5.69 Å². The maximum Gasteiger partial charge on any atom is 0.172 e. The number of fused-ring (bicyclic) bond motifs is 1. The summed E-state index contributed by atoms with van der Waals surface area (Å²) in [4.78, 5) is 15.9. The zero-order valence-corrected chi connectivity index (χ0v) is 9.64. The van der Waals surface area contributed by atoms with Gasteiger partial charge in [0.25, 0.3) is 0 Å². The number of nitrogens with zero attached hydrogens (tertiary/aromatic N) is 1. The van der Waals surface area contributed by atoms with E-state index in [-0.39, 0.29) is 45.8 Å². The predicted molar refractivity (Wildman–Crippen MR) is 63.2 cm³/mol. The predicted octanol–water partition coefficient (Wildman–Crippen LogP) is 2.32. The third-order valence-electron chi connectivity index (χ3n) is 2.33. The molecule has 0 saturated carbocycles. The van der Waals surface area contributed by atoms with Crippen LogP contribution < -0.4 is 5.73 Å². The van der Waals surface area contributed by atoms with Gasteiger partial charge in [0.15, 0.2) is 11.5 Å². The Morgan fingerprint density at radius 1 is 1.44 bits per heavy atom. The van der Waals surface area contributed by atoms with Crippen LogP contribution in [-0.2, 0) is 0 Å². The second kappa shape index (κ2) is 4.05. The Bertz CT molecular complexity index is 512. The summed E-state index contributed by atoms with van der Waals surface area (Å²) in [5.74, 6) is -0.442. The first-order valence-corrected chi connectivity index (χ1v) is 5.31. The van der Waals surface area contributed by atoms with E-state index in [4.69, 9.17) is 28.9 Å². The number of nitrogens with two attached hydrogens (primary N) is 1. The van der Waals surface area contributed by atoms with Crippen LogP contribution in [-0.4, -0.2) is 23.1 Å². The zero-order valence-electron chi connectivity index (χ0n) is 8.13. The fourth-order valence-electron chi connectivity index (χ4n) is 1.56. The topological polar surface area (TPSA) is 75.7 Å². The van der Waals surface area contributed by atoms with E-state index in [1.807, 2.05) is 0 Å². The Labute approximate surface area is 102 Å². The molecular weight excluding hydrogens is 251 g/mol. The van der Waals surface area contributed by atoms with Crippen molar-refractivity contribution in [3.05, 3.63) is 21.7 Å². The normalized spacial score (nSPS) is 14.7. The van der Waals surface area contributed by atoms with Gasteiger partial charge in [-0.1, -0.05) is 23.2 Å². The van der Waals surface area contributed by atoms with Crippen molar-refractivity contribution in [1.29, 1.82) is 0 Å². The lowest BCUT2D eigenvalue weighted by atomic mass is 9.99. The smallest absolute Gasteiger partial charge is 0.172 e. The first kappa shape index (κ1) is 11.4. The van der Waals surface area contributed by atoms with E-state index < -0.39 is 0 Å². The monoisotopic (exact) mass is 258 g/mol. The lowest BCUT2D eigenvalue weighted by molar-refractivity contribution is 0.0999. The van der Waals surface area contributed by atoms with Gasteiger partial charge >= 0.3 is 0 Å². The van der Waals surface area contributed by atoms with Crippen molar-refractivity contribution in [2.45, 2.75) is 6.42 Å². The van der Waals surface area contributed by atoms with Crippen LogP contribution in [0, 0.1) is 0 Å². The number of halogens is 2. The van der Waals surface area contributed by atoms with Crippen molar-refractivity contribution in [1.82, 2.24) is 0 Å². The van der Waals surface area contributed by atoms with Crippen LogP contribution in [0.2, 0.25) is 10.0 Å². The average molecular weight is 259 g/mol. The Morgan fingerprint density at radius 3 is 2.75 bits per heavy atom. The van der Waals surface area contributed by atoms with Crippen molar-refractivity contribution < 1.29 is 9.90 Å². The van der Waals surface area contributed by atoms with E-state index in [0.717, 1.165) is 0 Å². The molecule has 0 atom stereocenters. The number of hydrogen-bond acceptors (Lipinski definition) is 4. The van der Waals surface area contributed by atoms with Crippen LogP contribution in [0.5, 0.6) is 5.75 Å². The lowest BCUT2D eigenvalue weighted by Crippen LogP contribution is -2.21. The van der Waals surface area contributed by atoms with Crippen LogP contribution in [0.1, 0.15) is 16.8 Å². The number of carbonyl (C=O) groups is 1. The molecule has 16 heavy (non-hydrogen) atoms. The summed E-state index contributed by atoms with van der Waals surface area (Å²) < 4.78 is 0. The van der Waals surface area contributed by atoms with Gasteiger partial charge in [-0.2, -0.15) is 0 Å². The molecule has 1 heterocycles. The molecule has 0 unspecified atom stereocenters. The van der Waals surface area contributed by atoms with E-state index in [1.165, 1.54) is 6.07 Å². The van der Waals surface area contributed by atoms with Crippen LogP contribution in [0.3, 0.4) is 0 Å². The lowest BCUT2D eigenvalue weighted by Gasteiger charge is -2.16. The highest BCUT2D eigenvalue weighted by Gasteiger charge is 2.26. The minimum Gasteiger partial charge on any atom is -0.504 e. The van der Waals surface area contributed by atoms with Gasteiger partial charge in [-0.05, 0) is 6.07 Å². The number of Topliss-reactive ketones (excluding diaryl/α,β-unsaturated/α-hetero) is 1. The molecule has 0 spiro atoms. The highest BCUT2D eigenvalue weighted by Crippen LogP contribution is 2.43. The van der Waals surface area contributed by atoms with Gasteiger partial charge in [-0.15, -0.1) is 0 Å². The highest BCUT2D eigenvalue weighted by atomic mass is 35.5. The molecule has 0 aromatic heterocycles. The van der Waals surface area contributed by atoms with Crippen LogP contribution in [0.25, 0.3) is 0 Å². The minimum atomic E-state index is -0.236. The number of carbonyl (C=O) groups excluding carboxylic acids is 1. The van der Waals surface area contributed by atoms with Gasteiger partial charge in [-0.3, -0.25) is 9.79 Å². The molecule has 1 aromatic carbocycles. The Balaban J connectivity index is 2.74. The number of phenols is 1. The molecule has 1 aromatic rings. The number of hydrogen-bond donors (Lipinski definition) is 2. The number of phenolic OH excluding ortho intramolecular Hbond substituents is 1. The standard InChI is InChI=1S/C10H8Cl2N2O2/c11-5-2-6(12)10(16)9-8(5)7(15)1-4(3-13)14-9/h2,16H,1,3,13H2. The molecule has 84 valence electrons. The molecule has 0 radical (unpaired) electrons. The Kier molecular flexibility index (Phi) is 2.88. The first-order valence-electron chi connectivity index (χ1n) is 4.55. The molecule has 2 rings (SSSR count). The van der Waals surface area contributed by atoms with E-state index in [1.54, 1.807) is 0 Å². The molecule has 1 aliphatic heterocycles. The van der Waals surface area contributed by atoms with Gasteiger partial charge in [0.1, 0.15) is 5.69 Å². The number of ketones is 1. The molecule has 6 heteroatoms. The average Bonchev–Trinajstić information content (AvgIpc) is 2.24. The molecule has 0 fully saturated rings. The van der Waals surface area contributed by atoms with Gasteiger partial charge < -0.3 is 10.8 Å². The van der Waals surface area contributed by atoms with Crippen molar-refractivity contribution in [3.8, 4) is 5.75 Å². The molecule has 3 N–H and O–H groups in total. The first-order chi connectivity index (χ1) is 7.54. The minimum absolute atomic E-state index is 0.0681. The number of aliphatic imine (C=N–C) groups is 1. The third kappa shape index (κ3) is 1.69. The quantitative estimate of drug-likeness (QED) is 0.812. The fourth-order valence-corrected chi connectivity index (χ4v) is 2.12. The van der Waals surface area contributed by atoms with Gasteiger partial charge in [-0.25, -0.2) is 0 Å². The van der Waals surface area contributed by atoms with Gasteiger partial charge in [0.05, 0.1) is 22.0 Å². The summed E-state index contributed by atoms with van der Waals surface area (Å²) in [6.45, 7) is 0.161. The molecule has 0 aliphatic carbocycles. The summed E-state index contributed by atoms with van der Waals surface area (Å²) in [5.41, 5.74) is 6.25. The van der Waals surface area contributed by atoms with E-state index >= 15 is 0 Å². The van der Waals surface area contributed by atoms with Crippen molar-refractivity contribution in [3.63, 3.8) is 0 Å². The largest absolute Gasteiger partial charge is 0.504 e. The molecule has 0 bridgehead atoms. The fraction of sp³-hybridized carbons (Fsp3) is 0.200.